The van der Waals surface area contributed by atoms with Crippen molar-refractivity contribution in [2.75, 3.05) is 21.3 Å². The van der Waals surface area contributed by atoms with E-state index in [1.54, 1.807) is 21.3 Å². The van der Waals surface area contributed by atoms with E-state index in [1.165, 1.54) is 6.42 Å². The minimum absolute atomic E-state index is 0.132. The molecule has 0 N–H and O–H groups in total. The van der Waals surface area contributed by atoms with Crippen molar-refractivity contribution >= 4 is 12.6 Å². The van der Waals surface area contributed by atoms with Crippen LogP contribution in [-0.2, 0) is 9.31 Å². The van der Waals surface area contributed by atoms with Crippen molar-refractivity contribution in [1.29, 1.82) is 0 Å². The van der Waals surface area contributed by atoms with E-state index in [2.05, 4.69) is 20.8 Å². The summed E-state index contributed by atoms with van der Waals surface area (Å²) in [5, 5.41) is 0. The molecule has 25 heavy (non-hydrogen) atoms. The topological polar surface area (TPSA) is 46.2 Å². The van der Waals surface area contributed by atoms with Crippen LogP contribution in [0.2, 0.25) is 0 Å². The number of benzene rings is 1. The van der Waals surface area contributed by atoms with Gasteiger partial charge in [-0.2, -0.15) is 0 Å². The number of rotatable bonds is 4. The van der Waals surface area contributed by atoms with Gasteiger partial charge in [0.1, 0.15) is 0 Å². The highest BCUT2D eigenvalue weighted by Crippen LogP contribution is 2.65. The lowest BCUT2D eigenvalue weighted by Gasteiger charge is -2.64. The van der Waals surface area contributed by atoms with Crippen LogP contribution in [0.5, 0.6) is 17.2 Å². The lowest BCUT2D eigenvalue weighted by atomic mass is 9.43. The first-order valence-corrected chi connectivity index (χ1v) is 8.99. The normalized spacial score (nSPS) is 35.0. The molecule has 4 aliphatic rings. The van der Waals surface area contributed by atoms with E-state index in [1.807, 2.05) is 12.1 Å². The second-order valence-corrected chi connectivity index (χ2v) is 8.22. The van der Waals surface area contributed by atoms with Gasteiger partial charge in [-0.15, -0.1) is 0 Å². The summed E-state index contributed by atoms with van der Waals surface area (Å²) in [5.41, 5.74) is 0.928. The Kier molecular flexibility index (Phi) is 3.78. The van der Waals surface area contributed by atoms with Crippen LogP contribution in [0.3, 0.4) is 0 Å². The number of ether oxygens (including phenoxy) is 3. The average molecular weight is 346 g/mol. The summed E-state index contributed by atoms with van der Waals surface area (Å²) in [5.74, 6) is 3.07. The van der Waals surface area contributed by atoms with E-state index in [4.69, 9.17) is 23.5 Å². The fraction of sp³-hybridized carbons (Fsp3) is 0.684. The van der Waals surface area contributed by atoms with Gasteiger partial charge in [-0.05, 0) is 43.1 Å². The van der Waals surface area contributed by atoms with E-state index in [-0.39, 0.29) is 11.7 Å². The van der Waals surface area contributed by atoms with Crippen molar-refractivity contribution in [3.05, 3.63) is 12.1 Å². The van der Waals surface area contributed by atoms with Gasteiger partial charge in [-0.25, -0.2) is 0 Å². The van der Waals surface area contributed by atoms with Crippen molar-refractivity contribution in [3.63, 3.8) is 0 Å². The lowest BCUT2D eigenvalue weighted by molar-refractivity contribution is -0.199. The first-order valence-electron chi connectivity index (χ1n) is 8.99. The van der Waals surface area contributed by atoms with Gasteiger partial charge in [0.2, 0.25) is 5.75 Å². The molecule has 1 saturated heterocycles. The molecular weight excluding hydrogens is 319 g/mol. The Balaban J connectivity index is 1.69. The molecule has 0 amide bonds. The molecule has 4 atom stereocenters. The Morgan fingerprint density at radius 2 is 1.72 bits per heavy atom. The molecule has 1 aromatic rings. The average Bonchev–Trinajstić information content (AvgIpc) is 2.96. The highest BCUT2D eigenvalue weighted by atomic mass is 16.7. The molecule has 0 radical (unpaired) electrons. The fourth-order valence-electron chi connectivity index (χ4n) is 5.31. The standard InChI is InChI=1S/C19H27BO5/c1-18(2)11-9-14(18)19(3)15(10-11)24-20(25-19)12-7-8-13(21-4)17(23-6)16(12)22-5/h7-8,11,14-15H,9-10H2,1-6H3/t11-,14-,15-,19-/m0/s1. The SMILES string of the molecule is COc1ccc(B2O[C@H]3C[C@@H]4C[C@@H](C4(C)C)[C@]3(C)O2)c(OC)c1OC. The highest BCUT2D eigenvalue weighted by Gasteiger charge is 2.68. The third-order valence-corrected chi connectivity index (χ3v) is 6.94. The molecule has 6 heteroatoms. The summed E-state index contributed by atoms with van der Waals surface area (Å²) in [4.78, 5) is 0. The van der Waals surface area contributed by atoms with Crippen molar-refractivity contribution in [2.24, 2.45) is 17.3 Å². The molecule has 3 saturated carbocycles. The molecule has 0 aromatic heterocycles. The van der Waals surface area contributed by atoms with Crippen LogP contribution in [0.25, 0.3) is 0 Å². The number of hydrogen-bond donors (Lipinski definition) is 0. The van der Waals surface area contributed by atoms with Gasteiger partial charge in [0, 0.05) is 5.46 Å². The molecule has 2 bridgehead atoms. The Morgan fingerprint density at radius 3 is 2.32 bits per heavy atom. The van der Waals surface area contributed by atoms with E-state index in [0.717, 1.165) is 17.8 Å². The van der Waals surface area contributed by atoms with Gasteiger partial charge in [-0.3, -0.25) is 0 Å². The molecular formula is C19H27BO5. The molecule has 1 aliphatic heterocycles. The van der Waals surface area contributed by atoms with Crippen LogP contribution >= 0.6 is 0 Å². The lowest BCUT2D eigenvalue weighted by Crippen LogP contribution is -2.65. The Hall–Kier alpha value is -1.40. The summed E-state index contributed by atoms with van der Waals surface area (Å²) in [6, 6.07) is 3.82. The van der Waals surface area contributed by atoms with Crippen LogP contribution in [0.15, 0.2) is 12.1 Å². The molecule has 4 fully saturated rings. The highest BCUT2D eigenvalue weighted by molar-refractivity contribution is 6.63. The van der Waals surface area contributed by atoms with E-state index >= 15 is 0 Å². The summed E-state index contributed by atoms with van der Waals surface area (Å²) < 4.78 is 29.4. The van der Waals surface area contributed by atoms with Crippen LogP contribution in [0.1, 0.15) is 33.6 Å². The zero-order chi connectivity index (χ0) is 18.0. The third kappa shape index (κ3) is 2.16. The first kappa shape index (κ1) is 17.0. The Morgan fingerprint density at radius 1 is 1.00 bits per heavy atom. The van der Waals surface area contributed by atoms with Gasteiger partial charge in [0.25, 0.3) is 0 Å². The van der Waals surface area contributed by atoms with Crippen molar-refractivity contribution in [1.82, 2.24) is 0 Å². The van der Waals surface area contributed by atoms with Crippen molar-refractivity contribution in [3.8, 4) is 17.2 Å². The molecule has 0 spiro atoms. The smallest absolute Gasteiger partial charge is 0.493 e. The number of hydrogen-bond acceptors (Lipinski definition) is 5. The van der Waals surface area contributed by atoms with Crippen LogP contribution < -0.4 is 19.7 Å². The maximum atomic E-state index is 6.54. The summed E-state index contributed by atoms with van der Waals surface area (Å²) in [6.45, 7) is 6.94. The second kappa shape index (κ2) is 5.55. The predicted molar refractivity (Wildman–Crippen MR) is 95.8 cm³/mol. The number of methoxy groups -OCH3 is 3. The van der Waals surface area contributed by atoms with E-state index in [0.29, 0.717) is 28.6 Å². The summed E-state index contributed by atoms with van der Waals surface area (Å²) >= 11 is 0. The zero-order valence-electron chi connectivity index (χ0n) is 15.9. The maximum absolute atomic E-state index is 6.54. The van der Waals surface area contributed by atoms with Crippen LogP contribution in [0, 0.1) is 17.3 Å². The zero-order valence-corrected chi connectivity index (χ0v) is 15.9. The van der Waals surface area contributed by atoms with Gasteiger partial charge in [0.05, 0.1) is 33.0 Å². The van der Waals surface area contributed by atoms with Crippen molar-refractivity contribution < 1.29 is 23.5 Å². The molecule has 3 aliphatic carbocycles. The molecule has 0 unspecified atom stereocenters. The van der Waals surface area contributed by atoms with Crippen LogP contribution in [0.4, 0.5) is 0 Å². The van der Waals surface area contributed by atoms with Gasteiger partial charge < -0.3 is 23.5 Å². The van der Waals surface area contributed by atoms with Crippen molar-refractivity contribution in [2.45, 2.75) is 45.3 Å². The molecule has 1 aromatic carbocycles. The quantitative estimate of drug-likeness (QED) is 0.785. The minimum atomic E-state index is -0.445. The van der Waals surface area contributed by atoms with E-state index < -0.39 is 7.12 Å². The molecule has 136 valence electrons. The molecule has 1 heterocycles. The minimum Gasteiger partial charge on any atom is -0.493 e. The Bertz CT molecular complexity index is 691. The van der Waals surface area contributed by atoms with Gasteiger partial charge >= 0.3 is 7.12 Å². The van der Waals surface area contributed by atoms with Crippen LogP contribution in [-0.4, -0.2) is 40.2 Å². The molecule has 5 rings (SSSR count). The first-order chi connectivity index (χ1) is 11.9. The monoisotopic (exact) mass is 346 g/mol. The second-order valence-electron chi connectivity index (χ2n) is 8.22. The Labute approximate surface area is 150 Å². The summed E-state index contributed by atoms with van der Waals surface area (Å²) in [6.07, 6.45) is 2.43. The fourth-order valence-corrected chi connectivity index (χ4v) is 5.31. The third-order valence-electron chi connectivity index (χ3n) is 6.94. The van der Waals surface area contributed by atoms with E-state index in [9.17, 15) is 0 Å². The van der Waals surface area contributed by atoms with Gasteiger partial charge in [0.15, 0.2) is 11.5 Å². The largest absolute Gasteiger partial charge is 0.498 e. The summed E-state index contributed by atoms with van der Waals surface area (Å²) in [7, 11) is 4.41. The predicted octanol–water partition coefficient (Wildman–Crippen LogP) is 2.65. The molecule has 5 nitrogen and oxygen atoms in total. The maximum Gasteiger partial charge on any atom is 0.498 e. The van der Waals surface area contributed by atoms with Gasteiger partial charge in [-0.1, -0.05) is 19.9 Å².